The van der Waals surface area contributed by atoms with Gasteiger partial charge in [0.1, 0.15) is 0 Å². The van der Waals surface area contributed by atoms with E-state index in [0.717, 1.165) is 36.2 Å². The Morgan fingerprint density at radius 3 is 2.32 bits per heavy atom. The highest BCUT2D eigenvalue weighted by Gasteiger charge is 2.39. The Morgan fingerprint density at radius 2 is 1.62 bits per heavy atom. The molecule has 0 spiro atoms. The van der Waals surface area contributed by atoms with Crippen molar-refractivity contribution in [3.63, 3.8) is 0 Å². The molecule has 2 heterocycles. The van der Waals surface area contributed by atoms with Crippen molar-refractivity contribution in [1.82, 2.24) is 5.06 Å². The number of hydrogen-bond donors (Lipinski definition) is 1. The maximum absolute atomic E-state index is 12.2. The number of hydroxylamine groups is 2. The second kappa shape index (κ2) is 13.1. The largest absolute Gasteiger partial charge is 0.347 e. The fraction of sp³-hybridized carbons (Fsp3) is 0.378. The first kappa shape index (κ1) is 34.1. The monoisotopic (exact) mass is 658 g/mol. The van der Waals surface area contributed by atoms with Crippen molar-refractivity contribution in [3.05, 3.63) is 101 Å². The molecule has 2 aromatic rings. The summed E-state index contributed by atoms with van der Waals surface area (Å²) in [6.07, 6.45) is 13.6. The molecule has 9 nitrogen and oxygen atoms in total. The summed E-state index contributed by atoms with van der Waals surface area (Å²) in [5, 5.41) is 0.599. The summed E-state index contributed by atoms with van der Waals surface area (Å²) in [4.78, 5) is 42.5. The maximum atomic E-state index is 12.2. The van der Waals surface area contributed by atoms with E-state index < -0.39 is 33.3 Å². The molecule has 1 N–H and O–H groups in total. The zero-order valence-electron chi connectivity index (χ0n) is 27.6. The average molecular weight is 659 g/mol. The number of nitrogens with zero attached hydrogens (tertiary/aromatic N) is 2. The van der Waals surface area contributed by atoms with E-state index in [4.69, 9.17) is 4.84 Å². The molecule has 0 bridgehead atoms. The van der Waals surface area contributed by atoms with Crippen molar-refractivity contribution in [2.24, 2.45) is 0 Å². The first-order chi connectivity index (χ1) is 22.1. The minimum absolute atomic E-state index is 0.0797. The van der Waals surface area contributed by atoms with Crippen LogP contribution in [0.15, 0.2) is 89.0 Å². The van der Waals surface area contributed by atoms with Crippen molar-refractivity contribution < 1.29 is 32.2 Å². The van der Waals surface area contributed by atoms with Crippen molar-refractivity contribution in [2.45, 2.75) is 88.4 Å². The number of amides is 2. The third-order valence-corrected chi connectivity index (χ3v) is 10.3. The SMILES string of the molecule is CN1\C(=C/C=C/C=C/C2=C(CCCCCC(=O)ON3C(=O)CCC3=O)c3ccccc3C2(C)C)C(C)(C)c2cc(S(=O)(=O)O)ccc21. The van der Waals surface area contributed by atoms with Crippen LogP contribution in [0.2, 0.25) is 0 Å². The molecule has 1 aliphatic carbocycles. The molecular formula is C37H42N2O7S. The Hall–Kier alpha value is -4.28. The molecule has 0 saturated carbocycles. The second-order valence-electron chi connectivity index (χ2n) is 13.3. The number of carbonyl (C=O) groups excluding carboxylic acids is 3. The van der Waals surface area contributed by atoms with Crippen LogP contribution >= 0.6 is 0 Å². The molecule has 0 atom stereocenters. The van der Waals surface area contributed by atoms with Gasteiger partial charge in [-0.15, -0.1) is 5.06 Å². The van der Waals surface area contributed by atoms with Gasteiger partial charge in [-0.1, -0.05) is 82.7 Å². The quantitative estimate of drug-likeness (QED) is 0.119. The Balaban J connectivity index is 1.27. The second-order valence-corrected chi connectivity index (χ2v) is 14.7. The summed E-state index contributed by atoms with van der Waals surface area (Å²) in [6.45, 7) is 8.53. The lowest BCUT2D eigenvalue weighted by molar-refractivity contribution is -0.197. The van der Waals surface area contributed by atoms with E-state index in [-0.39, 0.29) is 29.6 Å². The summed E-state index contributed by atoms with van der Waals surface area (Å²) in [7, 11) is -2.35. The van der Waals surface area contributed by atoms with E-state index in [9.17, 15) is 27.4 Å². The summed E-state index contributed by atoms with van der Waals surface area (Å²) >= 11 is 0. The maximum Gasteiger partial charge on any atom is 0.333 e. The Labute approximate surface area is 277 Å². The molecule has 2 aliphatic heterocycles. The highest BCUT2D eigenvalue weighted by Crippen LogP contribution is 2.49. The first-order valence-corrected chi connectivity index (χ1v) is 17.4. The van der Waals surface area contributed by atoms with Crippen LogP contribution in [0, 0.1) is 0 Å². The Morgan fingerprint density at radius 1 is 0.915 bits per heavy atom. The third kappa shape index (κ3) is 6.75. The van der Waals surface area contributed by atoms with Gasteiger partial charge in [0.2, 0.25) is 0 Å². The van der Waals surface area contributed by atoms with Gasteiger partial charge in [0.15, 0.2) is 0 Å². The molecule has 1 saturated heterocycles. The highest BCUT2D eigenvalue weighted by molar-refractivity contribution is 7.85. The van der Waals surface area contributed by atoms with Crippen molar-refractivity contribution in [3.8, 4) is 0 Å². The smallest absolute Gasteiger partial charge is 0.333 e. The predicted octanol–water partition coefficient (Wildman–Crippen LogP) is 6.96. The van der Waals surface area contributed by atoms with E-state index >= 15 is 0 Å². The number of fused-ring (bicyclic) bond motifs is 2. The zero-order chi connectivity index (χ0) is 34.1. The summed E-state index contributed by atoms with van der Waals surface area (Å²) in [5.74, 6) is -1.51. The van der Waals surface area contributed by atoms with E-state index in [0.29, 0.717) is 11.5 Å². The standard InChI is InChI=1S/C37H42N2O7S/c1-36(2)28(16-9-7-10-18-32-37(3,4)30-24-25(47(43,44)45)20-21-31(30)38(32)5)26(27-15-12-13-17-29(27)36)14-8-6-11-19-35(42)46-39-33(40)22-23-34(39)41/h7,9-10,12-13,15-18,20-21,24H,6,8,11,14,19,22-23H2,1-5H3,(H,43,44,45)/b10-7+,16-9+,32-18-. The van der Waals surface area contributed by atoms with Crippen LogP contribution in [0.5, 0.6) is 0 Å². The van der Waals surface area contributed by atoms with Crippen LogP contribution in [0.1, 0.15) is 89.3 Å². The van der Waals surface area contributed by atoms with Gasteiger partial charge < -0.3 is 9.74 Å². The van der Waals surface area contributed by atoms with Gasteiger partial charge in [-0.05, 0) is 71.4 Å². The minimum Gasteiger partial charge on any atom is -0.347 e. The van der Waals surface area contributed by atoms with Gasteiger partial charge in [-0.2, -0.15) is 8.42 Å². The van der Waals surface area contributed by atoms with Gasteiger partial charge in [0.25, 0.3) is 21.9 Å². The van der Waals surface area contributed by atoms with Crippen LogP contribution in [-0.4, -0.2) is 42.9 Å². The molecular weight excluding hydrogens is 616 g/mol. The molecule has 2 aromatic carbocycles. The van der Waals surface area contributed by atoms with Crippen molar-refractivity contribution in [1.29, 1.82) is 0 Å². The number of unbranched alkanes of at least 4 members (excludes halogenated alkanes) is 2. The normalized spacial score (nSPS) is 19.5. The molecule has 248 valence electrons. The van der Waals surface area contributed by atoms with Gasteiger partial charge >= 0.3 is 5.97 Å². The number of hydrogen-bond acceptors (Lipinski definition) is 7. The van der Waals surface area contributed by atoms with E-state index in [1.54, 1.807) is 12.1 Å². The summed E-state index contributed by atoms with van der Waals surface area (Å²) in [5.41, 5.74) is 7.12. The highest BCUT2D eigenvalue weighted by atomic mass is 32.2. The van der Waals surface area contributed by atoms with Gasteiger partial charge in [-0.25, -0.2) is 4.79 Å². The average Bonchev–Trinajstić information content (AvgIpc) is 3.51. The number of carbonyl (C=O) groups is 3. The molecule has 2 amide bonds. The van der Waals surface area contributed by atoms with Gasteiger partial charge in [0.05, 0.1) is 4.90 Å². The summed E-state index contributed by atoms with van der Waals surface area (Å²) in [6, 6.07) is 13.2. The first-order valence-electron chi connectivity index (χ1n) is 16.0. The fourth-order valence-corrected chi connectivity index (χ4v) is 7.44. The van der Waals surface area contributed by atoms with Crippen LogP contribution in [0.4, 0.5) is 5.69 Å². The topological polar surface area (TPSA) is 121 Å². The number of likely N-dealkylation sites (N-methyl/N-ethyl adjacent to an activating group) is 1. The van der Waals surface area contributed by atoms with Crippen LogP contribution < -0.4 is 4.90 Å². The third-order valence-electron chi connectivity index (χ3n) is 9.47. The van der Waals surface area contributed by atoms with Crippen LogP contribution in [-0.2, 0) is 40.2 Å². The molecule has 0 radical (unpaired) electrons. The van der Waals surface area contributed by atoms with Gasteiger partial charge in [0, 0.05) is 48.5 Å². The molecule has 3 aliphatic rings. The lowest BCUT2D eigenvalue weighted by Gasteiger charge is -2.23. The Kier molecular flexibility index (Phi) is 9.48. The minimum atomic E-state index is -4.30. The lowest BCUT2D eigenvalue weighted by Crippen LogP contribution is -2.31. The molecule has 0 aromatic heterocycles. The predicted molar refractivity (Wildman–Crippen MR) is 181 cm³/mol. The van der Waals surface area contributed by atoms with Crippen LogP contribution in [0.3, 0.4) is 0 Å². The van der Waals surface area contributed by atoms with Gasteiger partial charge in [-0.3, -0.25) is 14.1 Å². The molecule has 47 heavy (non-hydrogen) atoms. The zero-order valence-corrected chi connectivity index (χ0v) is 28.4. The number of imide groups is 1. The number of rotatable bonds is 11. The van der Waals surface area contributed by atoms with Crippen molar-refractivity contribution >= 4 is 39.2 Å². The molecule has 5 rings (SSSR count). The number of benzene rings is 2. The molecule has 1 fully saturated rings. The van der Waals surface area contributed by atoms with E-state index in [1.807, 2.05) is 50.1 Å². The number of allylic oxidation sites excluding steroid dienone is 8. The fourth-order valence-electron chi connectivity index (χ4n) is 6.93. The van der Waals surface area contributed by atoms with E-state index in [2.05, 4.69) is 44.2 Å². The molecule has 0 unspecified atom stereocenters. The lowest BCUT2D eigenvalue weighted by atomic mass is 9.81. The summed E-state index contributed by atoms with van der Waals surface area (Å²) < 4.78 is 33.1. The molecule has 10 heteroatoms. The number of anilines is 1. The van der Waals surface area contributed by atoms with Crippen molar-refractivity contribution in [2.75, 3.05) is 11.9 Å². The van der Waals surface area contributed by atoms with E-state index in [1.165, 1.54) is 28.3 Å². The Bertz CT molecular complexity index is 1830. The van der Waals surface area contributed by atoms with Crippen LogP contribution in [0.25, 0.3) is 5.57 Å².